The van der Waals surface area contributed by atoms with Gasteiger partial charge in [-0.15, -0.1) is 0 Å². The van der Waals surface area contributed by atoms with Crippen LogP contribution in [0.2, 0.25) is 0 Å². The van der Waals surface area contributed by atoms with Crippen LogP contribution in [0.15, 0.2) is 60.7 Å². The quantitative estimate of drug-likeness (QED) is 0.438. The van der Waals surface area contributed by atoms with E-state index in [2.05, 4.69) is 31.9 Å². The Morgan fingerprint density at radius 1 is 0.682 bits per heavy atom. The van der Waals surface area contributed by atoms with E-state index in [1.807, 2.05) is 0 Å². The summed E-state index contributed by atoms with van der Waals surface area (Å²) in [6.07, 6.45) is 0. The Labute approximate surface area is 155 Å². The normalized spacial score (nSPS) is 16.4. The molecule has 0 aliphatic heterocycles. The van der Waals surface area contributed by atoms with E-state index in [1.54, 1.807) is 60.7 Å². The zero-order valence-corrected chi connectivity index (χ0v) is 15.8. The van der Waals surface area contributed by atoms with Gasteiger partial charge in [-0.1, -0.05) is 116 Å². The van der Waals surface area contributed by atoms with Gasteiger partial charge >= 0.3 is 0 Å². The molecular formula is C16H10Br2Cl2O2. The first kappa shape index (κ1) is 17.7. The van der Waals surface area contributed by atoms with Crippen molar-refractivity contribution in [3.63, 3.8) is 0 Å². The fourth-order valence-electron chi connectivity index (χ4n) is 1.83. The Morgan fingerprint density at radius 2 is 0.955 bits per heavy atom. The maximum Gasteiger partial charge on any atom is 0.198 e. The maximum absolute atomic E-state index is 12.6. The first-order valence-corrected chi connectivity index (χ1v) is 8.58. The predicted octanol–water partition coefficient (Wildman–Crippen LogP) is 5.41. The summed E-state index contributed by atoms with van der Waals surface area (Å²) < 4.78 is -3.67. The average molecular weight is 465 g/mol. The van der Waals surface area contributed by atoms with Crippen LogP contribution in [0.1, 0.15) is 20.7 Å². The van der Waals surface area contributed by atoms with Gasteiger partial charge < -0.3 is 0 Å². The molecule has 2 atom stereocenters. The molecule has 0 aromatic heterocycles. The van der Waals surface area contributed by atoms with Crippen molar-refractivity contribution in [3.8, 4) is 0 Å². The number of hydrogen-bond donors (Lipinski definition) is 0. The summed E-state index contributed by atoms with van der Waals surface area (Å²) >= 11 is 18.9. The molecule has 0 aliphatic rings. The first-order valence-electron chi connectivity index (χ1n) is 6.24. The molecule has 114 valence electrons. The van der Waals surface area contributed by atoms with Crippen molar-refractivity contribution in [1.82, 2.24) is 0 Å². The molecule has 0 heterocycles. The van der Waals surface area contributed by atoms with Gasteiger partial charge in [-0.2, -0.15) is 0 Å². The highest BCUT2D eigenvalue weighted by molar-refractivity contribution is 9.14. The van der Waals surface area contributed by atoms with Gasteiger partial charge in [-0.3, -0.25) is 9.59 Å². The van der Waals surface area contributed by atoms with Crippen LogP contribution in [-0.4, -0.2) is 19.1 Å². The minimum Gasteiger partial charge on any atom is -0.291 e. The number of benzene rings is 2. The molecule has 22 heavy (non-hydrogen) atoms. The number of carbonyl (C=O) groups is 2. The second kappa shape index (κ2) is 6.83. The van der Waals surface area contributed by atoms with Crippen LogP contribution in [0.3, 0.4) is 0 Å². The van der Waals surface area contributed by atoms with Gasteiger partial charge in [0, 0.05) is 11.1 Å². The van der Waals surface area contributed by atoms with E-state index in [0.29, 0.717) is 11.1 Å². The van der Waals surface area contributed by atoms with Gasteiger partial charge in [0.05, 0.1) is 0 Å². The summed E-state index contributed by atoms with van der Waals surface area (Å²) in [5.74, 6) is -1.02. The molecule has 2 aromatic carbocycles. The number of halogens is 4. The van der Waals surface area contributed by atoms with Crippen molar-refractivity contribution in [3.05, 3.63) is 71.8 Å². The van der Waals surface area contributed by atoms with Crippen molar-refractivity contribution >= 4 is 66.6 Å². The van der Waals surface area contributed by atoms with E-state index in [0.717, 1.165) is 0 Å². The lowest BCUT2D eigenvalue weighted by Crippen LogP contribution is -2.48. The smallest absolute Gasteiger partial charge is 0.198 e. The molecule has 0 amide bonds. The third kappa shape index (κ3) is 3.30. The molecule has 2 rings (SSSR count). The Morgan fingerprint density at radius 3 is 1.23 bits per heavy atom. The van der Waals surface area contributed by atoms with Crippen LogP contribution in [0.4, 0.5) is 0 Å². The van der Waals surface area contributed by atoms with Crippen LogP contribution in [0.5, 0.6) is 0 Å². The van der Waals surface area contributed by atoms with Crippen LogP contribution in [0, 0.1) is 0 Å². The lowest BCUT2D eigenvalue weighted by atomic mass is 10.0. The molecule has 2 nitrogen and oxygen atoms in total. The first-order chi connectivity index (χ1) is 10.3. The highest BCUT2D eigenvalue weighted by Gasteiger charge is 2.56. The number of hydrogen-bond acceptors (Lipinski definition) is 2. The zero-order chi connectivity index (χ0) is 16.4. The number of Topliss-reactive ketones (excluding diaryl/α,β-unsaturated/α-hetero) is 2. The molecule has 0 N–H and O–H groups in total. The fraction of sp³-hybridized carbons (Fsp3) is 0.125. The molecule has 0 saturated carbocycles. The Balaban J connectivity index is 2.38. The summed E-state index contributed by atoms with van der Waals surface area (Å²) in [6.45, 7) is 0. The van der Waals surface area contributed by atoms with E-state index in [4.69, 9.17) is 23.2 Å². The molecule has 2 aromatic rings. The molecule has 2 unspecified atom stereocenters. The Kier molecular flexibility index (Phi) is 5.49. The van der Waals surface area contributed by atoms with Crippen molar-refractivity contribution in [2.24, 2.45) is 0 Å². The SMILES string of the molecule is O=C(c1ccccc1)C(Cl)(Br)C(Cl)(Br)C(=O)c1ccccc1. The van der Waals surface area contributed by atoms with Gasteiger partial charge in [-0.05, 0) is 0 Å². The largest absolute Gasteiger partial charge is 0.291 e. The minimum absolute atomic E-state index is 0.347. The second-order valence-electron chi connectivity index (χ2n) is 4.54. The standard InChI is InChI=1S/C16H10Br2Cl2O2/c17-15(19,13(21)11-7-3-1-4-8-11)16(18,20)14(22)12-9-5-2-6-10-12/h1-10H. The van der Waals surface area contributed by atoms with Crippen LogP contribution in [0.25, 0.3) is 0 Å². The van der Waals surface area contributed by atoms with E-state index < -0.39 is 19.1 Å². The monoisotopic (exact) mass is 462 g/mol. The fourth-order valence-corrected chi connectivity index (χ4v) is 3.03. The van der Waals surface area contributed by atoms with Crippen molar-refractivity contribution in [2.45, 2.75) is 7.57 Å². The summed E-state index contributed by atoms with van der Waals surface area (Å²) in [4.78, 5) is 25.2. The minimum atomic E-state index is -1.84. The predicted molar refractivity (Wildman–Crippen MR) is 96.6 cm³/mol. The van der Waals surface area contributed by atoms with Crippen molar-refractivity contribution < 1.29 is 9.59 Å². The molecule has 0 aliphatic carbocycles. The molecule has 0 fully saturated rings. The van der Waals surface area contributed by atoms with Crippen LogP contribution < -0.4 is 0 Å². The zero-order valence-electron chi connectivity index (χ0n) is 11.1. The summed E-state index contributed by atoms with van der Waals surface area (Å²) in [5.41, 5.74) is 0.694. The van der Waals surface area contributed by atoms with Crippen molar-refractivity contribution in [1.29, 1.82) is 0 Å². The molecular weight excluding hydrogens is 455 g/mol. The van der Waals surface area contributed by atoms with Gasteiger partial charge in [0.2, 0.25) is 0 Å². The highest BCUT2D eigenvalue weighted by atomic mass is 79.9. The van der Waals surface area contributed by atoms with Crippen LogP contribution in [-0.2, 0) is 0 Å². The van der Waals surface area contributed by atoms with Crippen molar-refractivity contribution in [2.75, 3.05) is 0 Å². The number of alkyl halides is 4. The topological polar surface area (TPSA) is 34.1 Å². The van der Waals surface area contributed by atoms with Gasteiger partial charge in [0.15, 0.2) is 19.1 Å². The number of ketones is 2. The van der Waals surface area contributed by atoms with E-state index >= 15 is 0 Å². The highest BCUT2D eigenvalue weighted by Crippen LogP contribution is 2.49. The van der Waals surface area contributed by atoms with Gasteiger partial charge in [-0.25, -0.2) is 0 Å². The molecule has 0 bridgehead atoms. The summed E-state index contributed by atoms with van der Waals surface area (Å²) in [7, 11) is 0. The third-order valence-electron chi connectivity index (χ3n) is 3.04. The maximum atomic E-state index is 12.6. The molecule has 0 radical (unpaired) electrons. The van der Waals surface area contributed by atoms with Gasteiger partial charge in [0.1, 0.15) is 0 Å². The number of carbonyl (C=O) groups excluding carboxylic acids is 2. The molecule has 0 spiro atoms. The molecule has 6 heteroatoms. The summed E-state index contributed by atoms with van der Waals surface area (Å²) in [6, 6.07) is 16.8. The molecule has 0 saturated heterocycles. The van der Waals surface area contributed by atoms with E-state index in [9.17, 15) is 9.59 Å². The van der Waals surface area contributed by atoms with Gasteiger partial charge in [0.25, 0.3) is 0 Å². The Hall–Kier alpha value is -0.680. The Bertz CT molecular complexity index is 624. The average Bonchev–Trinajstić information content (AvgIpc) is 2.54. The number of rotatable bonds is 5. The van der Waals surface area contributed by atoms with Crippen LogP contribution >= 0.6 is 55.1 Å². The van der Waals surface area contributed by atoms with E-state index in [1.165, 1.54) is 0 Å². The lowest BCUT2D eigenvalue weighted by molar-refractivity contribution is 0.0908. The second-order valence-corrected chi connectivity index (χ2v) is 8.97. The van der Waals surface area contributed by atoms with E-state index in [-0.39, 0.29) is 0 Å². The third-order valence-corrected chi connectivity index (χ3v) is 6.94. The summed E-state index contributed by atoms with van der Waals surface area (Å²) in [5, 5.41) is 0. The lowest BCUT2D eigenvalue weighted by Gasteiger charge is -2.31.